The Morgan fingerprint density at radius 2 is 1.52 bits per heavy atom. The van der Waals surface area contributed by atoms with E-state index in [1.54, 1.807) is 6.07 Å². The highest BCUT2D eigenvalue weighted by Gasteiger charge is 2.23. The van der Waals surface area contributed by atoms with Gasteiger partial charge >= 0.3 is 5.97 Å². The van der Waals surface area contributed by atoms with Crippen LogP contribution in [0, 0.1) is 3.57 Å². The van der Waals surface area contributed by atoms with Crippen LogP contribution in [0.15, 0.2) is 35.2 Å². The highest BCUT2D eigenvalue weighted by Crippen LogP contribution is 2.35. The molecule has 0 saturated carbocycles. The zero-order chi connectivity index (χ0) is 20.2. The summed E-state index contributed by atoms with van der Waals surface area (Å²) in [6.07, 6.45) is 0. The molecule has 0 heterocycles. The third kappa shape index (κ3) is 4.56. The smallest absolute Gasteiger partial charge is 0.340 e. The van der Waals surface area contributed by atoms with Crippen molar-refractivity contribution < 1.29 is 32.2 Å². The van der Waals surface area contributed by atoms with Gasteiger partial charge in [0.1, 0.15) is 5.75 Å². The molecule has 0 aliphatic carbocycles. The number of carbonyl (C=O) groups is 1. The summed E-state index contributed by atoms with van der Waals surface area (Å²) in [5.41, 5.74) is -0.00717. The molecule has 146 valence electrons. The van der Waals surface area contributed by atoms with Gasteiger partial charge < -0.3 is 18.9 Å². The van der Waals surface area contributed by atoms with Gasteiger partial charge in [0.2, 0.25) is 0 Å². The molecule has 0 spiro atoms. The van der Waals surface area contributed by atoms with E-state index in [1.807, 2.05) is 22.6 Å². The molecule has 0 fully saturated rings. The summed E-state index contributed by atoms with van der Waals surface area (Å²) >= 11 is 1.97. The van der Waals surface area contributed by atoms with Gasteiger partial charge in [0.15, 0.2) is 11.5 Å². The Kier molecular flexibility index (Phi) is 6.76. The molecule has 0 saturated heterocycles. The number of esters is 1. The molecular weight excluding hydrogens is 489 g/mol. The summed E-state index contributed by atoms with van der Waals surface area (Å²) in [4.78, 5) is 12.1. The third-order valence-electron chi connectivity index (χ3n) is 3.61. The second kappa shape index (κ2) is 8.65. The van der Waals surface area contributed by atoms with Crippen molar-refractivity contribution in [3.05, 3.63) is 39.5 Å². The fraction of sp³-hybridized carbons (Fsp3) is 0.235. The number of hydrogen-bond acceptors (Lipinski definition) is 7. The number of anilines is 1. The van der Waals surface area contributed by atoms with Crippen molar-refractivity contribution in [1.82, 2.24) is 0 Å². The molecule has 1 N–H and O–H groups in total. The van der Waals surface area contributed by atoms with E-state index < -0.39 is 16.0 Å². The minimum absolute atomic E-state index is 0.00493. The van der Waals surface area contributed by atoms with Gasteiger partial charge in [-0.2, -0.15) is 0 Å². The monoisotopic (exact) mass is 507 g/mol. The zero-order valence-corrected chi connectivity index (χ0v) is 18.0. The SMILES string of the molecule is COC(=O)c1cc(OC)c(OC)cc1NS(=O)(=O)c1ccc(OC)c(I)c1. The molecule has 0 aliphatic heterocycles. The maximum absolute atomic E-state index is 12.8. The molecule has 2 aromatic carbocycles. The Bertz CT molecular complexity index is 960. The van der Waals surface area contributed by atoms with Crippen LogP contribution in [0.5, 0.6) is 17.2 Å². The van der Waals surface area contributed by atoms with Crippen molar-refractivity contribution in [1.29, 1.82) is 0 Å². The molecular formula is C17H18INO7S. The minimum Gasteiger partial charge on any atom is -0.496 e. The number of carbonyl (C=O) groups excluding carboxylic acids is 1. The number of nitrogens with one attached hydrogen (secondary N) is 1. The van der Waals surface area contributed by atoms with E-state index in [9.17, 15) is 13.2 Å². The Hall–Kier alpha value is -2.21. The minimum atomic E-state index is -3.98. The Balaban J connectivity index is 2.53. The third-order valence-corrected chi connectivity index (χ3v) is 5.81. The van der Waals surface area contributed by atoms with Crippen LogP contribution in [0.3, 0.4) is 0 Å². The van der Waals surface area contributed by atoms with Gasteiger partial charge in [-0.3, -0.25) is 4.72 Å². The van der Waals surface area contributed by atoms with Crippen molar-refractivity contribution in [2.24, 2.45) is 0 Å². The predicted octanol–water partition coefficient (Wildman–Crippen LogP) is 2.90. The predicted molar refractivity (Wildman–Crippen MR) is 107 cm³/mol. The number of methoxy groups -OCH3 is 4. The molecule has 0 aliphatic rings. The number of halogens is 1. The first kappa shape index (κ1) is 21.1. The first-order valence-electron chi connectivity index (χ1n) is 7.48. The lowest BCUT2D eigenvalue weighted by Gasteiger charge is -2.16. The zero-order valence-electron chi connectivity index (χ0n) is 15.0. The second-order valence-electron chi connectivity index (χ2n) is 5.15. The van der Waals surface area contributed by atoms with Crippen molar-refractivity contribution in [3.8, 4) is 17.2 Å². The molecule has 0 unspecified atom stereocenters. The van der Waals surface area contributed by atoms with Gasteiger partial charge in [0.25, 0.3) is 10.0 Å². The van der Waals surface area contributed by atoms with E-state index in [0.29, 0.717) is 9.32 Å². The van der Waals surface area contributed by atoms with Gasteiger partial charge in [-0.25, -0.2) is 13.2 Å². The molecule has 27 heavy (non-hydrogen) atoms. The lowest BCUT2D eigenvalue weighted by atomic mass is 10.1. The molecule has 0 bridgehead atoms. The van der Waals surface area contributed by atoms with E-state index >= 15 is 0 Å². The highest BCUT2D eigenvalue weighted by molar-refractivity contribution is 14.1. The largest absolute Gasteiger partial charge is 0.496 e. The summed E-state index contributed by atoms with van der Waals surface area (Å²) < 4.78 is 48.8. The normalized spacial score (nSPS) is 10.9. The first-order chi connectivity index (χ1) is 12.8. The fourth-order valence-corrected chi connectivity index (χ4v) is 4.30. The van der Waals surface area contributed by atoms with E-state index in [-0.39, 0.29) is 27.6 Å². The topological polar surface area (TPSA) is 100 Å². The summed E-state index contributed by atoms with van der Waals surface area (Å²) in [5.74, 6) is 0.348. The number of hydrogen-bond donors (Lipinski definition) is 1. The van der Waals surface area contributed by atoms with Crippen molar-refractivity contribution in [3.63, 3.8) is 0 Å². The molecule has 2 aromatic rings. The highest BCUT2D eigenvalue weighted by atomic mass is 127. The van der Waals surface area contributed by atoms with E-state index in [2.05, 4.69) is 4.72 Å². The lowest BCUT2D eigenvalue weighted by molar-refractivity contribution is 0.0601. The summed E-state index contributed by atoms with van der Waals surface area (Å²) in [6, 6.07) is 7.12. The standard InChI is InChI=1S/C17H18INO7S/c1-23-14-6-5-10(7-12(14)18)27(21,22)19-13-9-16(25-3)15(24-2)8-11(13)17(20)26-4/h5-9,19H,1-4H3. The van der Waals surface area contributed by atoms with Crippen LogP contribution in [0.4, 0.5) is 5.69 Å². The molecule has 2 rings (SSSR count). The Labute approximate surface area is 171 Å². The van der Waals surface area contributed by atoms with E-state index in [1.165, 1.54) is 52.7 Å². The van der Waals surface area contributed by atoms with Crippen LogP contribution in [-0.2, 0) is 14.8 Å². The maximum Gasteiger partial charge on any atom is 0.340 e. The Morgan fingerprint density at radius 1 is 0.926 bits per heavy atom. The van der Waals surface area contributed by atoms with Crippen LogP contribution in [0.1, 0.15) is 10.4 Å². The first-order valence-corrected chi connectivity index (χ1v) is 10.0. The van der Waals surface area contributed by atoms with Gasteiger partial charge in [-0.1, -0.05) is 0 Å². The van der Waals surface area contributed by atoms with Crippen LogP contribution in [-0.4, -0.2) is 42.8 Å². The molecule has 0 aromatic heterocycles. The van der Waals surface area contributed by atoms with E-state index in [4.69, 9.17) is 18.9 Å². The Morgan fingerprint density at radius 3 is 2.04 bits per heavy atom. The number of rotatable bonds is 7. The van der Waals surface area contributed by atoms with Crippen LogP contribution in [0.25, 0.3) is 0 Å². The number of sulfonamides is 1. The van der Waals surface area contributed by atoms with Crippen LogP contribution in [0.2, 0.25) is 0 Å². The van der Waals surface area contributed by atoms with Gasteiger partial charge in [0.05, 0.1) is 48.2 Å². The van der Waals surface area contributed by atoms with Crippen molar-refractivity contribution in [2.45, 2.75) is 4.90 Å². The van der Waals surface area contributed by atoms with E-state index in [0.717, 1.165) is 0 Å². The quantitative estimate of drug-likeness (QED) is 0.455. The average molecular weight is 507 g/mol. The molecule has 8 nitrogen and oxygen atoms in total. The van der Waals surface area contributed by atoms with Crippen LogP contribution >= 0.6 is 22.6 Å². The summed E-state index contributed by atoms with van der Waals surface area (Å²) in [7, 11) is 1.52. The number of ether oxygens (including phenoxy) is 4. The van der Waals surface area contributed by atoms with Crippen molar-refractivity contribution >= 4 is 44.3 Å². The molecule has 0 radical (unpaired) electrons. The van der Waals surface area contributed by atoms with Gasteiger partial charge in [0, 0.05) is 12.1 Å². The average Bonchev–Trinajstić information content (AvgIpc) is 2.66. The maximum atomic E-state index is 12.8. The molecule has 10 heteroatoms. The fourth-order valence-electron chi connectivity index (χ4n) is 2.26. The summed E-state index contributed by atoms with van der Waals surface area (Å²) in [6.45, 7) is 0. The van der Waals surface area contributed by atoms with Crippen molar-refractivity contribution in [2.75, 3.05) is 33.2 Å². The lowest BCUT2D eigenvalue weighted by Crippen LogP contribution is -2.16. The van der Waals surface area contributed by atoms with Crippen LogP contribution < -0.4 is 18.9 Å². The van der Waals surface area contributed by atoms with Gasteiger partial charge in [-0.05, 0) is 40.8 Å². The number of benzene rings is 2. The summed E-state index contributed by atoms with van der Waals surface area (Å²) in [5, 5.41) is 0. The van der Waals surface area contributed by atoms with Gasteiger partial charge in [-0.15, -0.1) is 0 Å². The molecule has 0 atom stereocenters. The molecule has 0 amide bonds. The second-order valence-corrected chi connectivity index (χ2v) is 7.99.